The van der Waals surface area contributed by atoms with Crippen molar-refractivity contribution in [3.63, 3.8) is 0 Å². The molecule has 4 N–H and O–H groups in total. The van der Waals surface area contributed by atoms with Crippen LogP contribution in [0.4, 0.5) is 0 Å². The van der Waals surface area contributed by atoms with E-state index in [1.807, 2.05) is 0 Å². The number of benzene rings is 2. The molecule has 6 atom stereocenters. The zero-order chi connectivity index (χ0) is 24.0. The molecule has 1 fully saturated rings. The van der Waals surface area contributed by atoms with Gasteiger partial charge in [0.1, 0.15) is 24.4 Å². The second kappa shape index (κ2) is 11.5. The first kappa shape index (κ1) is 25.0. The van der Waals surface area contributed by atoms with Crippen LogP contribution in [0, 0.1) is 0 Å². The first-order chi connectivity index (χ1) is 15.9. The Hall–Kier alpha value is -2.60. The maximum atomic E-state index is 10.6. The molecule has 0 amide bonds. The van der Waals surface area contributed by atoms with Gasteiger partial charge in [-0.25, -0.2) is 0 Å². The Morgan fingerprint density at radius 3 is 2.30 bits per heavy atom. The summed E-state index contributed by atoms with van der Waals surface area (Å²) in [6.45, 7) is -0.534. The third-order valence-electron chi connectivity index (χ3n) is 5.39. The number of aromatic hydroxyl groups is 1. The highest BCUT2D eigenvalue weighted by atomic mass is 16.7. The highest BCUT2D eigenvalue weighted by molar-refractivity contribution is 5.43. The zero-order valence-electron chi connectivity index (χ0n) is 18.7. The van der Waals surface area contributed by atoms with E-state index in [0.29, 0.717) is 17.1 Å². The van der Waals surface area contributed by atoms with Gasteiger partial charge in [-0.15, -0.1) is 0 Å². The molecule has 33 heavy (non-hydrogen) atoms. The van der Waals surface area contributed by atoms with E-state index in [2.05, 4.69) is 0 Å². The Morgan fingerprint density at radius 2 is 1.67 bits per heavy atom. The summed E-state index contributed by atoms with van der Waals surface area (Å²) in [5, 5.41) is 41.1. The number of hydrogen-bond acceptors (Lipinski definition) is 10. The van der Waals surface area contributed by atoms with Crippen LogP contribution in [0.5, 0.6) is 23.0 Å². The number of aliphatic hydroxyl groups is 3. The van der Waals surface area contributed by atoms with Crippen LogP contribution < -0.4 is 14.2 Å². The van der Waals surface area contributed by atoms with Crippen molar-refractivity contribution in [2.45, 2.75) is 36.8 Å². The van der Waals surface area contributed by atoms with Crippen LogP contribution in [0.15, 0.2) is 42.5 Å². The van der Waals surface area contributed by atoms with Crippen LogP contribution in [0.25, 0.3) is 0 Å². The molecule has 1 aliphatic heterocycles. The molecule has 2 aromatic carbocycles. The molecule has 0 spiro atoms. The standard InChI is InChI=1S/C23H30O10/c1-28-15-6-4-5-7-16(15)32-18(11-24)22(13-8-9-14(25)17(10-13)29-2)33-19-12-31-23(30-3)21(27)20(19)26/h4-10,18-27H,11-12H2,1-3H3/t18-,19+,20-,21+,22-,23+/m0/s1. The Balaban J connectivity index is 1.94. The number of phenols is 1. The Labute approximate surface area is 191 Å². The SMILES string of the molecule is COc1cc([C@H](O[C@@H]2CO[C@@H](OC)[C@H](O)[C@H]2O)[C@H](CO)Oc2ccccc2OC)ccc1O. The van der Waals surface area contributed by atoms with E-state index >= 15 is 0 Å². The molecule has 10 nitrogen and oxygen atoms in total. The summed E-state index contributed by atoms with van der Waals surface area (Å²) in [5.41, 5.74) is 0.495. The number of methoxy groups -OCH3 is 3. The number of para-hydroxylation sites is 2. The molecular weight excluding hydrogens is 436 g/mol. The predicted molar refractivity (Wildman–Crippen MR) is 116 cm³/mol. The topological polar surface area (TPSA) is 136 Å². The third kappa shape index (κ3) is 5.67. The van der Waals surface area contributed by atoms with Gasteiger partial charge in [0, 0.05) is 7.11 Å². The van der Waals surface area contributed by atoms with E-state index in [1.165, 1.54) is 27.4 Å². The molecule has 0 aliphatic carbocycles. The maximum absolute atomic E-state index is 10.6. The molecule has 1 aliphatic rings. The van der Waals surface area contributed by atoms with Gasteiger partial charge in [0.15, 0.2) is 35.4 Å². The smallest absolute Gasteiger partial charge is 0.185 e. The molecule has 1 heterocycles. The van der Waals surface area contributed by atoms with E-state index in [0.717, 1.165) is 0 Å². The molecule has 182 valence electrons. The monoisotopic (exact) mass is 466 g/mol. The fraction of sp³-hybridized carbons (Fsp3) is 0.478. The second-order valence-electron chi connectivity index (χ2n) is 7.43. The number of hydrogen-bond donors (Lipinski definition) is 4. The van der Waals surface area contributed by atoms with Gasteiger partial charge >= 0.3 is 0 Å². The minimum absolute atomic E-state index is 0.0741. The quantitative estimate of drug-likeness (QED) is 0.401. The maximum Gasteiger partial charge on any atom is 0.185 e. The number of phenolic OH excluding ortho intramolecular Hbond substituents is 1. The van der Waals surface area contributed by atoms with Crippen LogP contribution >= 0.6 is 0 Å². The molecule has 0 radical (unpaired) electrons. The first-order valence-corrected chi connectivity index (χ1v) is 10.4. The average Bonchev–Trinajstić information content (AvgIpc) is 2.84. The zero-order valence-corrected chi connectivity index (χ0v) is 18.7. The lowest BCUT2D eigenvalue weighted by Crippen LogP contribution is -2.55. The van der Waals surface area contributed by atoms with Crippen LogP contribution in [0.3, 0.4) is 0 Å². The summed E-state index contributed by atoms with van der Waals surface area (Å²) in [6, 6.07) is 11.5. The number of aliphatic hydroxyl groups excluding tert-OH is 3. The summed E-state index contributed by atoms with van der Waals surface area (Å²) in [5.74, 6) is 0.941. The van der Waals surface area contributed by atoms with Crippen molar-refractivity contribution in [2.24, 2.45) is 0 Å². The van der Waals surface area contributed by atoms with Gasteiger partial charge in [-0.2, -0.15) is 0 Å². The highest BCUT2D eigenvalue weighted by Gasteiger charge is 2.42. The Bertz CT molecular complexity index is 891. The van der Waals surface area contributed by atoms with Gasteiger partial charge < -0.3 is 48.8 Å². The molecule has 0 saturated carbocycles. The molecule has 10 heteroatoms. The molecule has 3 rings (SSSR count). The van der Waals surface area contributed by atoms with Crippen molar-refractivity contribution < 1.29 is 48.8 Å². The molecule has 1 saturated heterocycles. The van der Waals surface area contributed by atoms with Crippen molar-refractivity contribution in [3.05, 3.63) is 48.0 Å². The van der Waals surface area contributed by atoms with E-state index in [1.54, 1.807) is 36.4 Å². The van der Waals surface area contributed by atoms with Crippen LogP contribution in [0.1, 0.15) is 11.7 Å². The van der Waals surface area contributed by atoms with Crippen molar-refractivity contribution >= 4 is 0 Å². The van der Waals surface area contributed by atoms with E-state index in [4.69, 9.17) is 28.4 Å². The van der Waals surface area contributed by atoms with Gasteiger partial charge in [-0.05, 0) is 29.8 Å². The van der Waals surface area contributed by atoms with Gasteiger partial charge in [-0.3, -0.25) is 0 Å². The number of ether oxygens (including phenoxy) is 6. The lowest BCUT2D eigenvalue weighted by molar-refractivity contribution is -0.279. The van der Waals surface area contributed by atoms with Crippen molar-refractivity contribution in [1.82, 2.24) is 0 Å². The second-order valence-corrected chi connectivity index (χ2v) is 7.43. The van der Waals surface area contributed by atoms with Gasteiger partial charge in [0.2, 0.25) is 0 Å². The summed E-state index contributed by atoms with van der Waals surface area (Å²) >= 11 is 0. The summed E-state index contributed by atoms with van der Waals surface area (Å²) in [4.78, 5) is 0. The molecule has 0 bridgehead atoms. The van der Waals surface area contributed by atoms with E-state index in [-0.39, 0.29) is 18.1 Å². The minimum Gasteiger partial charge on any atom is -0.504 e. The van der Waals surface area contributed by atoms with Gasteiger partial charge in [0.05, 0.1) is 27.4 Å². The Kier molecular flexibility index (Phi) is 8.73. The fourth-order valence-electron chi connectivity index (χ4n) is 3.61. The van der Waals surface area contributed by atoms with E-state index < -0.39 is 43.4 Å². The molecule has 0 unspecified atom stereocenters. The first-order valence-electron chi connectivity index (χ1n) is 10.4. The van der Waals surface area contributed by atoms with Gasteiger partial charge in [-0.1, -0.05) is 18.2 Å². The molecular formula is C23H30O10. The fourth-order valence-corrected chi connectivity index (χ4v) is 3.61. The number of rotatable bonds is 10. The summed E-state index contributed by atoms with van der Waals surface area (Å²) in [6.07, 6.45) is -6.54. The predicted octanol–water partition coefficient (Wildman–Crippen LogP) is 1.00. The van der Waals surface area contributed by atoms with Crippen LogP contribution in [-0.4, -0.2) is 85.7 Å². The largest absolute Gasteiger partial charge is 0.504 e. The lowest BCUT2D eigenvalue weighted by atomic mass is 10.0. The van der Waals surface area contributed by atoms with Crippen molar-refractivity contribution in [1.29, 1.82) is 0 Å². The van der Waals surface area contributed by atoms with Crippen LogP contribution in [0.2, 0.25) is 0 Å². The normalized spacial score (nSPS) is 24.7. The molecule has 0 aromatic heterocycles. The van der Waals surface area contributed by atoms with E-state index in [9.17, 15) is 20.4 Å². The average molecular weight is 466 g/mol. The van der Waals surface area contributed by atoms with Crippen molar-refractivity contribution in [3.8, 4) is 23.0 Å². The lowest BCUT2D eigenvalue weighted by Gasteiger charge is -2.39. The minimum atomic E-state index is -1.34. The van der Waals surface area contributed by atoms with Crippen molar-refractivity contribution in [2.75, 3.05) is 34.5 Å². The van der Waals surface area contributed by atoms with Gasteiger partial charge in [0.25, 0.3) is 0 Å². The third-order valence-corrected chi connectivity index (χ3v) is 5.39. The summed E-state index contributed by atoms with van der Waals surface area (Å²) in [7, 11) is 4.26. The Morgan fingerprint density at radius 1 is 0.970 bits per heavy atom. The van der Waals surface area contributed by atoms with Crippen LogP contribution in [-0.2, 0) is 14.2 Å². The summed E-state index contributed by atoms with van der Waals surface area (Å²) < 4.78 is 33.2. The molecule has 2 aromatic rings. The highest BCUT2D eigenvalue weighted by Crippen LogP contribution is 2.36.